The summed E-state index contributed by atoms with van der Waals surface area (Å²) in [6.45, 7) is 2.55. The third kappa shape index (κ3) is 3.71. The van der Waals surface area contributed by atoms with Crippen molar-refractivity contribution >= 4 is 17.8 Å². The lowest BCUT2D eigenvalue weighted by molar-refractivity contribution is -0.142. The average Bonchev–Trinajstić information content (AvgIpc) is 2.94. The Bertz CT molecular complexity index is 518. The van der Waals surface area contributed by atoms with Crippen molar-refractivity contribution in [2.75, 3.05) is 18.5 Å². The first-order chi connectivity index (χ1) is 10.1. The van der Waals surface area contributed by atoms with E-state index in [0.717, 1.165) is 12.8 Å². The average molecular weight is 292 g/mol. The molecule has 0 aromatic carbocycles. The molecule has 0 saturated heterocycles. The molecule has 0 radical (unpaired) electrons. The maximum Gasteiger partial charge on any atom is 0.341 e. The van der Waals surface area contributed by atoms with Gasteiger partial charge in [-0.1, -0.05) is 6.42 Å². The standard InChI is InChI=1S/C15H20N2O4/c1-2-21-15(20)12-7-4-8-16-13(12)17-9-10-5-3-6-11(10)14(18)19/h4,7-8,10-11H,2-3,5-6,9H2,1H3,(H,16,17)(H,18,19). The third-order valence-electron chi connectivity index (χ3n) is 3.81. The van der Waals surface area contributed by atoms with Crippen LogP contribution in [0.25, 0.3) is 0 Å². The zero-order valence-corrected chi connectivity index (χ0v) is 12.0. The van der Waals surface area contributed by atoms with Gasteiger partial charge < -0.3 is 15.2 Å². The lowest BCUT2D eigenvalue weighted by Crippen LogP contribution is -2.25. The molecule has 1 saturated carbocycles. The number of nitrogens with one attached hydrogen (secondary N) is 1. The van der Waals surface area contributed by atoms with Crippen LogP contribution >= 0.6 is 0 Å². The Morgan fingerprint density at radius 2 is 2.29 bits per heavy atom. The van der Waals surface area contributed by atoms with Gasteiger partial charge >= 0.3 is 11.9 Å². The molecule has 2 rings (SSSR count). The summed E-state index contributed by atoms with van der Waals surface area (Å²) < 4.78 is 4.99. The smallest absolute Gasteiger partial charge is 0.341 e. The van der Waals surface area contributed by atoms with Gasteiger partial charge in [-0.2, -0.15) is 0 Å². The Balaban J connectivity index is 2.03. The third-order valence-corrected chi connectivity index (χ3v) is 3.81. The Morgan fingerprint density at radius 1 is 1.48 bits per heavy atom. The van der Waals surface area contributed by atoms with Crippen molar-refractivity contribution in [3.8, 4) is 0 Å². The van der Waals surface area contributed by atoms with Gasteiger partial charge in [0.2, 0.25) is 0 Å². The number of carbonyl (C=O) groups is 2. The topological polar surface area (TPSA) is 88.5 Å². The van der Waals surface area contributed by atoms with Crippen molar-refractivity contribution in [1.82, 2.24) is 4.98 Å². The Morgan fingerprint density at radius 3 is 3.00 bits per heavy atom. The molecule has 2 N–H and O–H groups in total. The van der Waals surface area contributed by atoms with Crippen molar-refractivity contribution in [2.45, 2.75) is 26.2 Å². The molecule has 0 aliphatic heterocycles. The maximum atomic E-state index is 11.8. The number of rotatable bonds is 6. The van der Waals surface area contributed by atoms with Crippen LogP contribution in [0.2, 0.25) is 0 Å². The summed E-state index contributed by atoms with van der Waals surface area (Å²) in [6.07, 6.45) is 4.12. The molecule has 1 aliphatic rings. The van der Waals surface area contributed by atoms with E-state index in [0.29, 0.717) is 31.0 Å². The van der Waals surface area contributed by atoms with E-state index in [1.807, 2.05) is 0 Å². The molecule has 21 heavy (non-hydrogen) atoms. The molecule has 1 heterocycles. The van der Waals surface area contributed by atoms with Crippen LogP contribution in [0.5, 0.6) is 0 Å². The molecular formula is C15H20N2O4. The van der Waals surface area contributed by atoms with Gasteiger partial charge in [-0.15, -0.1) is 0 Å². The summed E-state index contributed by atoms with van der Waals surface area (Å²) in [5.41, 5.74) is 0.379. The molecule has 2 atom stereocenters. The van der Waals surface area contributed by atoms with Crippen LogP contribution in [-0.4, -0.2) is 35.2 Å². The molecule has 1 aliphatic carbocycles. The molecule has 6 nitrogen and oxygen atoms in total. The van der Waals surface area contributed by atoms with Crippen LogP contribution in [-0.2, 0) is 9.53 Å². The molecular weight excluding hydrogens is 272 g/mol. The maximum absolute atomic E-state index is 11.8. The number of hydrogen-bond donors (Lipinski definition) is 2. The lowest BCUT2D eigenvalue weighted by atomic mass is 9.96. The van der Waals surface area contributed by atoms with Crippen molar-refractivity contribution in [2.24, 2.45) is 11.8 Å². The normalized spacial score (nSPS) is 21.0. The molecule has 1 fully saturated rings. The number of carboxylic acid groups (broad SMARTS) is 1. The number of ether oxygens (including phenoxy) is 1. The van der Waals surface area contributed by atoms with E-state index in [4.69, 9.17) is 4.74 Å². The fourth-order valence-electron chi connectivity index (χ4n) is 2.75. The molecule has 2 unspecified atom stereocenters. The van der Waals surface area contributed by atoms with Gasteiger partial charge in [-0.05, 0) is 37.8 Å². The molecule has 0 amide bonds. The summed E-state index contributed by atoms with van der Waals surface area (Å²) in [4.78, 5) is 27.2. The van der Waals surface area contributed by atoms with E-state index in [1.165, 1.54) is 0 Å². The number of esters is 1. The number of aliphatic carboxylic acids is 1. The Labute approximate surface area is 123 Å². The first-order valence-corrected chi connectivity index (χ1v) is 7.22. The second-order valence-corrected chi connectivity index (χ2v) is 5.14. The number of aromatic nitrogens is 1. The molecule has 0 bridgehead atoms. The molecule has 0 spiro atoms. The number of pyridine rings is 1. The summed E-state index contributed by atoms with van der Waals surface area (Å²) in [5, 5.41) is 12.3. The minimum Gasteiger partial charge on any atom is -0.481 e. The number of carboxylic acids is 1. The van der Waals surface area contributed by atoms with Crippen LogP contribution in [0.3, 0.4) is 0 Å². The predicted molar refractivity (Wildman–Crippen MR) is 77.2 cm³/mol. The zero-order valence-electron chi connectivity index (χ0n) is 12.0. The summed E-state index contributed by atoms with van der Waals surface area (Å²) >= 11 is 0. The zero-order chi connectivity index (χ0) is 15.2. The van der Waals surface area contributed by atoms with E-state index < -0.39 is 11.9 Å². The van der Waals surface area contributed by atoms with Crippen LogP contribution in [0.1, 0.15) is 36.5 Å². The van der Waals surface area contributed by atoms with E-state index in [-0.39, 0.29) is 11.8 Å². The predicted octanol–water partition coefficient (Wildman–Crippen LogP) is 2.17. The van der Waals surface area contributed by atoms with Gasteiger partial charge in [0.25, 0.3) is 0 Å². The number of hydrogen-bond acceptors (Lipinski definition) is 5. The molecule has 1 aromatic rings. The number of carbonyl (C=O) groups excluding carboxylic acids is 1. The second kappa shape index (κ2) is 7.06. The number of nitrogens with zero attached hydrogens (tertiary/aromatic N) is 1. The minimum absolute atomic E-state index is 0.0690. The molecule has 114 valence electrons. The van der Waals surface area contributed by atoms with Crippen molar-refractivity contribution < 1.29 is 19.4 Å². The van der Waals surface area contributed by atoms with Gasteiger partial charge in [0.05, 0.1) is 12.5 Å². The Hall–Kier alpha value is -2.11. The van der Waals surface area contributed by atoms with E-state index in [9.17, 15) is 14.7 Å². The van der Waals surface area contributed by atoms with Crippen LogP contribution < -0.4 is 5.32 Å². The largest absolute Gasteiger partial charge is 0.481 e. The van der Waals surface area contributed by atoms with Crippen molar-refractivity contribution in [1.29, 1.82) is 0 Å². The van der Waals surface area contributed by atoms with E-state index in [2.05, 4.69) is 10.3 Å². The quantitative estimate of drug-likeness (QED) is 0.781. The van der Waals surface area contributed by atoms with Gasteiger partial charge in [-0.3, -0.25) is 4.79 Å². The highest BCUT2D eigenvalue weighted by Gasteiger charge is 2.32. The first-order valence-electron chi connectivity index (χ1n) is 7.22. The second-order valence-electron chi connectivity index (χ2n) is 5.14. The molecule has 1 aromatic heterocycles. The molecule has 6 heteroatoms. The van der Waals surface area contributed by atoms with E-state index >= 15 is 0 Å². The fraction of sp³-hybridized carbons (Fsp3) is 0.533. The monoisotopic (exact) mass is 292 g/mol. The van der Waals surface area contributed by atoms with Crippen molar-refractivity contribution in [3.05, 3.63) is 23.9 Å². The fourth-order valence-corrected chi connectivity index (χ4v) is 2.75. The van der Waals surface area contributed by atoms with Gasteiger partial charge in [0.1, 0.15) is 11.4 Å². The van der Waals surface area contributed by atoms with Gasteiger partial charge in [-0.25, -0.2) is 9.78 Å². The van der Waals surface area contributed by atoms with Crippen LogP contribution in [0.4, 0.5) is 5.82 Å². The summed E-state index contributed by atoms with van der Waals surface area (Å²) in [6, 6.07) is 3.32. The van der Waals surface area contributed by atoms with Gasteiger partial charge in [0.15, 0.2) is 0 Å². The highest BCUT2D eigenvalue weighted by Crippen LogP contribution is 2.32. The SMILES string of the molecule is CCOC(=O)c1cccnc1NCC1CCCC1C(=O)O. The van der Waals surface area contributed by atoms with Gasteiger partial charge in [0, 0.05) is 12.7 Å². The van der Waals surface area contributed by atoms with Crippen molar-refractivity contribution in [3.63, 3.8) is 0 Å². The summed E-state index contributed by atoms with van der Waals surface area (Å²) in [7, 11) is 0. The summed E-state index contributed by atoms with van der Waals surface area (Å²) in [5.74, 6) is -0.959. The van der Waals surface area contributed by atoms with Crippen LogP contribution in [0, 0.1) is 11.8 Å². The Kier molecular flexibility index (Phi) is 5.14. The lowest BCUT2D eigenvalue weighted by Gasteiger charge is -2.17. The minimum atomic E-state index is -0.745. The highest BCUT2D eigenvalue weighted by molar-refractivity contribution is 5.94. The van der Waals surface area contributed by atoms with Crippen LogP contribution in [0.15, 0.2) is 18.3 Å². The highest BCUT2D eigenvalue weighted by atomic mass is 16.5. The first kappa shape index (κ1) is 15.3. The van der Waals surface area contributed by atoms with E-state index in [1.54, 1.807) is 25.3 Å². The number of anilines is 1.